The lowest BCUT2D eigenvalue weighted by atomic mass is 9.81. The molecule has 2 aliphatic rings. The largest absolute Gasteiger partial charge is 0.310 e. The van der Waals surface area contributed by atoms with Crippen LogP contribution >= 0.6 is 11.3 Å². The van der Waals surface area contributed by atoms with E-state index in [4.69, 9.17) is 0 Å². The third-order valence-corrected chi connectivity index (χ3v) is 13.9. The summed E-state index contributed by atoms with van der Waals surface area (Å²) in [6.07, 6.45) is 0. The molecule has 0 bridgehead atoms. The molecular weight excluding hydrogens is 695 g/mol. The maximum Gasteiger partial charge on any atom is 0.0465 e. The zero-order valence-corrected chi connectivity index (χ0v) is 32.9. The Labute approximate surface area is 333 Å². The number of nitrogens with zero attached hydrogens (tertiary/aromatic N) is 1. The van der Waals surface area contributed by atoms with E-state index >= 15 is 0 Å². The Morgan fingerprint density at radius 2 is 0.875 bits per heavy atom. The van der Waals surface area contributed by atoms with Crippen LogP contribution in [0.4, 0.5) is 17.1 Å². The minimum Gasteiger partial charge on any atom is -0.310 e. The summed E-state index contributed by atoms with van der Waals surface area (Å²) in [6, 6.07) is 65.7. The van der Waals surface area contributed by atoms with E-state index in [1.165, 1.54) is 98.3 Å². The van der Waals surface area contributed by atoms with Gasteiger partial charge in [-0.3, -0.25) is 0 Å². The van der Waals surface area contributed by atoms with Crippen molar-refractivity contribution in [1.29, 1.82) is 0 Å². The van der Waals surface area contributed by atoms with Crippen LogP contribution < -0.4 is 4.90 Å². The molecule has 0 aliphatic heterocycles. The average molecular weight is 736 g/mol. The van der Waals surface area contributed by atoms with Crippen LogP contribution in [0.15, 0.2) is 176 Å². The summed E-state index contributed by atoms with van der Waals surface area (Å²) < 4.78 is 2.67. The Bertz CT molecular complexity index is 3020. The fourth-order valence-corrected chi connectivity index (χ4v) is 11.0. The van der Waals surface area contributed by atoms with Crippen LogP contribution in [0, 0.1) is 0 Å². The highest BCUT2D eigenvalue weighted by molar-refractivity contribution is 7.26. The topological polar surface area (TPSA) is 3.24 Å². The maximum atomic E-state index is 2.47. The lowest BCUT2D eigenvalue weighted by Crippen LogP contribution is -2.18. The molecule has 1 heterocycles. The molecule has 0 atom stereocenters. The summed E-state index contributed by atoms with van der Waals surface area (Å²) in [5.74, 6) is 0. The minimum atomic E-state index is -0.161. The smallest absolute Gasteiger partial charge is 0.0465 e. The molecule has 2 heteroatoms. The molecule has 0 unspecified atom stereocenters. The molecule has 9 aromatic rings. The van der Waals surface area contributed by atoms with Gasteiger partial charge in [-0.2, -0.15) is 0 Å². The van der Waals surface area contributed by atoms with Crippen LogP contribution in [0.3, 0.4) is 0 Å². The molecule has 56 heavy (non-hydrogen) atoms. The Balaban J connectivity index is 1.05. The van der Waals surface area contributed by atoms with Crippen LogP contribution in [0.1, 0.15) is 49.9 Å². The first-order chi connectivity index (χ1) is 27.3. The number of rotatable bonds is 5. The van der Waals surface area contributed by atoms with Gasteiger partial charge in [-0.1, -0.05) is 155 Å². The molecule has 1 nitrogen and oxygen atoms in total. The van der Waals surface area contributed by atoms with Crippen molar-refractivity contribution in [3.63, 3.8) is 0 Å². The molecule has 0 fully saturated rings. The molecular formula is C54H41NS. The van der Waals surface area contributed by atoms with Gasteiger partial charge in [0.1, 0.15) is 0 Å². The monoisotopic (exact) mass is 735 g/mol. The van der Waals surface area contributed by atoms with E-state index < -0.39 is 0 Å². The molecule has 2 aliphatic carbocycles. The lowest BCUT2D eigenvalue weighted by molar-refractivity contribution is 0.660. The van der Waals surface area contributed by atoms with Crippen molar-refractivity contribution in [3.05, 3.63) is 198 Å². The highest BCUT2D eigenvalue weighted by atomic mass is 32.1. The number of benzene rings is 8. The SMILES string of the molecule is CC1(C)c2ccccc2-c2ccc(N(c3ccc(-c4cccc5c4sc4ccccc45)cc3)c3ccc4c(c3)C(C)(C)c3cc(-c5ccccc5)ccc3-4)cc21. The molecule has 1 aromatic heterocycles. The fraction of sp³-hybridized carbons (Fsp3) is 0.111. The third kappa shape index (κ3) is 4.85. The lowest BCUT2D eigenvalue weighted by Gasteiger charge is -2.30. The van der Waals surface area contributed by atoms with Gasteiger partial charge >= 0.3 is 0 Å². The number of thiophene rings is 1. The molecule has 0 amide bonds. The van der Waals surface area contributed by atoms with Crippen molar-refractivity contribution in [3.8, 4) is 44.5 Å². The molecule has 0 saturated carbocycles. The summed E-state index contributed by atoms with van der Waals surface area (Å²) in [5.41, 5.74) is 19.1. The highest BCUT2D eigenvalue weighted by Gasteiger charge is 2.38. The van der Waals surface area contributed by atoms with E-state index in [0.717, 1.165) is 5.69 Å². The van der Waals surface area contributed by atoms with Gasteiger partial charge in [0.05, 0.1) is 0 Å². The summed E-state index contributed by atoms with van der Waals surface area (Å²) in [7, 11) is 0. The Morgan fingerprint density at radius 1 is 0.357 bits per heavy atom. The van der Waals surface area contributed by atoms with Gasteiger partial charge in [0, 0.05) is 48.1 Å². The van der Waals surface area contributed by atoms with Crippen molar-refractivity contribution >= 4 is 48.6 Å². The second-order valence-corrected chi connectivity index (χ2v) is 17.6. The molecule has 0 spiro atoms. The second kappa shape index (κ2) is 12.1. The molecule has 11 rings (SSSR count). The van der Waals surface area contributed by atoms with Crippen LogP contribution in [0.2, 0.25) is 0 Å². The van der Waals surface area contributed by atoms with Gasteiger partial charge in [0.2, 0.25) is 0 Å². The minimum absolute atomic E-state index is 0.0988. The van der Waals surface area contributed by atoms with Crippen molar-refractivity contribution in [2.24, 2.45) is 0 Å². The van der Waals surface area contributed by atoms with E-state index in [0.29, 0.717) is 0 Å². The van der Waals surface area contributed by atoms with Crippen molar-refractivity contribution in [1.82, 2.24) is 0 Å². The average Bonchev–Trinajstić information content (AvgIpc) is 3.81. The van der Waals surface area contributed by atoms with Gasteiger partial charge in [-0.05, 0) is 115 Å². The predicted molar refractivity (Wildman–Crippen MR) is 240 cm³/mol. The van der Waals surface area contributed by atoms with Crippen LogP contribution in [0.25, 0.3) is 64.7 Å². The quantitative estimate of drug-likeness (QED) is 0.170. The summed E-state index contributed by atoms with van der Waals surface area (Å²) in [6.45, 7) is 9.51. The summed E-state index contributed by atoms with van der Waals surface area (Å²) >= 11 is 1.89. The van der Waals surface area contributed by atoms with Gasteiger partial charge in [-0.15, -0.1) is 11.3 Å². The van der Waals surface area contributed by atoms with Gasteiger partial charge < -0.3 is 4.90 Å². The Hall–Kier alpha value is -6.22. The van der Waals surface area contributed by atoms with Gasteiger partial charge in [0.25, 0.3) is 0 Å². The molecule has 0 saturated heterocycles. The third-order valence-electron chi connectivity index (χ3n) is 12.7. The molecule has 8 aromatic carbocycles. The number of fused-ring (bicyclic) bond motifs is 9. The number of anilines is 3. The maximum absolute atomic E-state index is 2.47. The number of hydrogen-bond acceptors (Lipinski definition) is 2. The Kier molecular flexibility index (Phi) is 7.18. The first-order valence-corrected chi connectivity index (χ1v) is 20.5. The van der Waals surface area contributed by atoms with E-state index in [-0.39, 0.29) is 10.8 Å². The Morgan fingerprint density at radius 3 is 1.61 bits per heavy atom. The van der Waals surface area contributed by atoms with Gasteiger partial charge in [-0.25, -0.2) is 0 Å². The van der Waals surface area contributed by atoms with Crippen LogP contribution in [-0.4, -0.2) is 0 Å². The summed E-state index contributed by atoms with van der Waals surface area (Å²) in [5, 5.41) is 2.66. The highest BCUT2D eigenvalue weighted by Crippen LogP contribution is 2.54. The zero-order valence-electron chi connectivity index (χ0n) is 32.1. The summed E-state index contributed by atoms with van der Waals surface area (Å²) in [4.78, 5) is 2.47. The van der Waals surface area contributed by atoms with Crippen molar-refractivity contribution < 1.29 is 0 Å². The first-order valence-electron chi connectivity index (χ1n) is 19.7. The molecule has 268 valence electrons. The van der Waals surface area contributed by atoms with Gasteiger partial charge in [0.15, 0.2) is 0 Å². The zero-order chi connectivity index (χ0) is 37.8. The van der Waals surface area contributed by atoms with E-state index in [1.807, 2.05) is 11.3 Å². The van der Waals surface area contributed by atoms with Crippen LogP contribution in [-0.2, 0) is 10.8 Å². The molecule has 0 radical (unpaired) electrons. The normalized spacial score (nSPS) is 14.4. The van der Waals surface area contributed by atoms with E-state index in [9.17, 15) is 0 Å². The number of hydrogen-bond donors (Lipinski definition) is 0. The second-order valence-electron chi connectivity index (χ2n) is 16.5. The fourth-order valence-electron chi connectivity index (χ4n) is 9.72. The first kappa shape index (κ1) is 33.1. The predicted octanol–water partition coefficient (Wildman–Crippen LogP) is 15.5. The standard InChI is InChI=1S/C54H41NS/c1-53(2)47-19-10-8-15-41(47)43-29-26-38(32-49(43)53)55(37-24-21-35(22-25-37)40-17-12-18-46-45-16-9-11-20-51(45)56-52(40)46)39-27-30-44-42-28-23-36(34-13-6-5-7-14-34)31-48(42)54(3,4)50(44)33-39/h5-33H,1-4H3. The van der Waals surface area contributed by atoms with E-state index in [2.05, 4.69) is 209 Å². The van der Waals surface area contributed by atoms with Crippen molar-refractivity contribution in [2.75, 3.05) is 4.90 Å². The van der Waals surface area contributed by atoms with E-state index in [1.54, 1.807) is 0 Å². The molecule has 0 N–H and O–H groups in total. The van der Waals surface area contributed by atoms with Crippen molar-refractivity contribution in [2.45, 2.75) is 38.5 Å². The van der Waals surface area contributed by atoms with Crippen LogP contribution in [0.5, 0.6) is 0 Å².